The number of benzene rings is 1. The largest absolute Gasteiger partial charge is 0.463 e. The van der Waals surface area contributed by atoms with E-state index in [0.29, 0.717) is 13.2 Å². The molecule has 6 nitrogen and oxygen atoms in total. The maximum Gasteiger partial charge on any atom is 0.306 e. The van der Waals surface area contributed by atoms with Gasteiger partial charge < -0.3 is 20.1 Å². The van der Waals surface area contributed by atoms with Crippen molar-refractivity contribution in [2.24, 2.45) is 0 Å². The van der Waals surface area contributed by atoms with E-state index in [4.69, 9.17) is 21.7 Å². The third-order valence-corrected chi connectivity index (χ3v) is 3.96. The highest BCUT2D eigenvalue weighted by atomic mass is 32.2. The van der Waals surface area contributed by atoms with Gasteiger partial charge in [0.25, 0.3) is 0 Å². The van der Waals surface area contributed by atoms with Crippen molar-refractivity contribution in [3.8, 4) is 0 Å². The van der Waals surface area contributed by atoms with Crippen LogP contribution in [0.3, 0.4) is 0 Å². The standard InChI is InChI=1S/C16H22N2O4S2/c1-21-9-10-22-15(20)8-7-14(19)18-16(23)17-11-12-3-5-13(24-2)6-4-12/h3-6H,7-11H2,1-2H3,(H2,17,18,19,23). The van der Waals surface area contributed by atoms with Gasteiger partial charge in [0.1, 0.15) is 6.61 Å². The second-order valence-corrected chi connectivity index (χ2v) is 6.08. The van der Waals surface area contributed by atoms with Crippen molar-refractivity contribution in [3.05, 3.63) is 29.8 Å². The smallest absolute Gasteiger partial charge is 0.306 e. The first-order chi connectivity index (χ1) is 11.5. The van der Waals surface area contributed by atoms with Crippen molar-refractivity contribution in [1.82, 2.24) is 10.6 Å². The number of esters is 1. The number of carbonyl (C=O) groups is 2. The van der Waals surface area contributed by atoms with E-state index in [0.717, 1.165) is 5.56 Å². The predicted molar refractivity (Wildman–Crippen MR) is 97.9 cm³/mol. The third-order valence-electron chi connectivity index (χ3n) is 2.97. The van der Waals surface area contributed by atoms with Crippen LogP contribution >= 0.6 is 24.0 Å². The van der Waals surface area contributed by atoms with Gasteiger partial charge in [0.15, 0.2) is 5.11 Å². The molecule has 2 N–H and O–H groups in total. The Morgan fingerprint density at radius 2 is 1.88 bits per heavy atom. The second-order valence-electron chi connectivity index (χ2n) is 4.79. The van der Waals surface area contributed by atoms with Gasteiger partial charge in [0.05, 0.1) is 13.0 Å². The number of thiocarbonyl (C=S) groups is 1. The van der Waals surface area contributed by atoms with Crippen LogP contribution in [0, 0.1) is 0 Å². The van der Waals surface area contributed by atoms with Gasteiger partial charge in [0.2, 0.25) is 5.91 Å². The van der Waals surface area contributed by atoms with E-state index in [1.807, 2.05) is 30.5 Å². The number of rotatable bonds is 9. The molecular weight excluding hydrogens is 348 g/mol. The van der Waals surface area contributed by atoms with Gasteiger partial charge in [-0.3, -0.25) is 9.59 Å². The quantitative estimate of drug-likeness (QED) is 0.297. The molecule has 0 spiro atoms. The van der Waals surface area contributed by atoms with Gasteiger partial charge in [0, 0.05) is 25.0 Å². The van der Waals surface area contributed by atoms with Crippen LogP contribution in [-0.4, -0.2) is 43.6 Å². The number of nitrogens with one attached hydrogen (secondary N) is 2. The summed E-state index contributed by atoms with van der Waals surface area (Å²) in [5.41, 5.74) is 1.06. The molecule has 0 saturated carbocycles. The third kappa shape index (κ3) is 8.85. The highest BCUT2D eigenvalue weighted by molar-refractivity contribution is 7.98. The summed E-state index contributed by atoms with van der Waals surface area (Å²) in [4.78, 5) is 24.3. The van der Waals surface area contributed by atoms with Crippen LogP contribution in [-0.2, 0) is 25.6 Å². The van der Waals surface area contributed by atoms with Crippen LogP contribution in [0.2, 0.25) is 0 Å². The predicted octanol–water partition coefficient (Wildman–Crippen LogP) is 1.87. The summed E-state index contributed by atoms with van der Waals surface area (Å²) in [5.74, 6) is -0.760. The summed E-state index contributed by atoms with van der Waals surface area (Å²) < 4.78 is 9.63. The highest BCUT2D eigenvalue weighted by Gasteiger charge is 2.09. The Morgan fingerprint density at radius 1 is 1.17 bits per heavy atom. The fraction of sp³-hybridized carbons (Fsp3) is 0.438. The number of carbonyl (C=O) groups excluding carboxylic acids is 2. The van der Waals surface area contributed by atoms with Crippen LogP contribution in [0.15, 0.2) is 29.2 Å². The molecule has 0 aliphatic carbocycles. The number of hydrogen-bond acceptors (Lipinski definition) is 6. The summed E-state index contributed by atoms with van der Waals surface area (Å²) in [6.45, 7) is 1.04. The van der Waals surface area contributed by atoms with Gasteiger partial charge in [-0.25, -0.2) is 0 Å². The van der Waals surface area contributed by atoms with Crippen LogP contribution in [0.4, 0.5) is 0 Å². The molecule has 0 aromatic heterocycles. The molecule has 0 bridgehead atoms. The van der Waals surface area contributed by atoms with E-state index < -0.39 is 5.97 Å². The molecule has 132 valence electrons. The number of hydrogen-bond donors (Lipinski definition) is 2. The summed E-state index contributed by atoms with van der Waals surface area (Å²) >= 11 is 6.74. The monoisotopic (exact) mass is 370 g/mol. The summed E-state index contributed by atoms with van der Waals surface area (Å²) in [6.07, 6.45) is 2.05. The van der Waals surface area contributed by atoms with Crippen LogP contribution < -0.4 is 10.6 Å². The maximum atomic E-state index is 11.7. The van der Waals surface area contributed by atoms with E-state index in [1.54, 1.807) is 11.8 Å². The number of amides is 1. The molecule has 0 atom stereocenters. The molecule has 0 saturated heterocycles. The molecule has 0 heterocycles. The minimum Gasteiger partial charge on any atom is -0.463 e. The molecule has 1 aromatic carbocycles. The first-order valence-electron chi connectivity index (χ1n) is 7.40. The SMILES string of the molecule is COCCOC(=O)CCC(=O)NC(=S)NCc1ccc(SC)cc1. The van der Waals surface area contributed by atoms with E-state index >= 15 is 0 Å². The first-order valence-corrected chi connectivity index (χ1v) is 9.03. The van der Waals surface area contributed by atoms with Crippen molar-refractivity contribution >= 4 is 41.0 Å². The lowest BCUT2D eigenvalue weighted by Gasteiger charge is -2.10. The van der Waals surface area contributed by atoms with Crippen LogP contribution in [0.5, 0.6) is 0 Å². The van der Waals surface area contributed by atoms with Gasteiger partial charge in [-0.15, -0.1) is 11.8 Å². The zero-order valence-electron chi connectivity index (χ0n) is 13.8. The van der Waals surface area contributed by atoms with Crippen molar-refractivity contribution in [2.45, 2.75) is 24.3 Å². The summed E-state index contributed by atoms with van der Waals surface area (Å²) in [6, 6.07) is 8.05. The average molecular weight is 370 g/mol. The molecular formula is C16H22N2O4S2. The van der Waals surface area contributed by atoms with Gasteiger partial charge in [-0.1, -0.05) is 12.1 Å². The molecule has 1 rings (SSSR count). The number of ether oxygens (including phenoxy) is 2. The number of thioether (sulfide) groups is 1. The number of methoxy groups -OCH3 is 1. The molecule has 1 aromatic rings. The molecule has 0 aliphatic rings. The highest BCUT2D eigenvalue weighted by Crippen LogP contribution is 2.14. The molecule has 1 amide bonds. The van der Waals surface area contributed by atoms with E-state index in [-0.39, 0.29) is 30.5 Å². The summed E-state index contributed by atoms with van der Waals surface area (Å²) in [7, 11) is 1.52. The van der Waals surface area contributed by atoms with Crippen molar-refractivity contribution < 1.29 is 19.1 Å². The Labute approximate surface area is 151 Å². The second kappa shape index (κ2) is 11.8. The molecule has 0 fully saturated rings. The lowest BCUT2D eigenvalue weighted by molar-refractivity contribution is -0.146. The topological polar surface area (TPSA) is 76.7 Å². The van der Waals surface area contributed by atoms with Crippen molar-refractivity contribution in [3.63, 3.8) is 0 Å². The fourth-order valence-electron chi connectivity index (χ4n) is 1.69. The van der Waals surface area contributed by atoms with Gasteiger partial charge in [-0.2, -0.15) is 0 Å². The lowest BCUT2D eigenvalue weighted by atomic mass is 10.2. The Kier molecular flexibility index (Phi) is 10.1. The van der Waals surface area contributed by atoms with Crippen molar-refractivity contribution in [2.75, 3.05) is 26.6 Å². The minimum absolute atomic E-state index is 0.00824. The Bertz CT molecular complexity index is 550. The molecule has 0 aliphatic heterocycles. The zero-order chi connectivity index (χ0) is 17.8. The first kappa shape index (κ1) is 20.4. The van der Waals surface area contributed by atoms with E-state index in [1.165, 1.54) is 12.0 Å². The lowest BCUT2D eigenvalue weighted by Crippen LogP contribution is -2.39. The summed E-state index contributed by atoms with van der Waals surface area (Å²) in [5, 5.41) is 5.73. The van der Waals surface area contributed by atoms with Crippen molar-refractivity contribution in [1.29, 1.82) is 0 Å². The Morgan fingerprint density at radius 3 is 2.50 bits per heavy atom. The van der Waals surface area contributed by atoms with E-state index in [9.17, 15) is 9.59 Å². The minimum atomic E-state index is -0.435. The van der Waals surface area contributed by atoms with Crippen LogP contribution in [0.1, 0.15) is 18.4 Å². The molecule has 0 radical (unpaired) electrons. The Balaban J connectivity index is 2.21. The Hall–Kier alpha value is -1.64. The van der Waals surface area contributed by atoms with Gasteiger partial charge >= 0.3 is 5.97 Å². The zero-order valence-corrected chi connectivity index (χ0v) is 15.4. The average Bonchev–Trinajstić information content (AvgIpc) is 2.59. The molecule has 8 heteroatoms. The fourth-order valence-corrected chi connectivity index (χ4v) is 2.28. The normalized spacial score (nSPS) is 10.1. The van der Waals surface area contributed by atoms with Crippen LogP contribution in [0.25, 0.3) is 0 Å². The molecule has 24 heavy (non-hydrogen) atoms. The van der Waals surface area contributed by atoms with Gasteiger partial charge in [-0.05, 0) is 36.2 Å². The molecule has 0 unspecified atom stereocenters. The van der Waals surface area contributed by atoms with E-state index in [2.05, 4.69) is 10.6 Å². The maximum absolute atomic E-state index is 11.7.